The van der Waals surface area contributed by atoms with Gasteiger partial charge in [-0.1, -0.05) is 6.42 Å². The topological polar surface area (TPSA) is 32.8 Å². The summed E-state index contributed by atoms with van der Waals surface area (Å²) in [5, 5.41) is 0. The van der Waals surface area contributed by atoms with E-state index in [0.717, 1.165) is 30.3 Å². The van der Waals surface area contributed by atoms with Crippen LogP contribution in [0.5, 0.6) is 5.75 Å². The van der Waals surface area contributed by atoms with Crippen LogP contribution >= 0.6 is 0 Å². The molecule has 1 aliphatic carbocycles. The molecule has 0 N–H and O–H groups in total. The number of carbonyl (C=O) groups is 1. The Morgan fingerprint density at radius 2 is 1.88 bits per heavy atom. The first-order chi connectivity index (χ1) is 11.7. The van der Waals surface area contributed by atoms with Gasteiger partial charge in [0.2, 0.25) is 0 Å². The predicted molar refractivity (Wildman–Crippen MR) is 94.3 cm³/mol. The van der Waals surface area contributed by atoms with Crippen molar-refractivity contribution in [1.82, 2.24) is 9.80 Å². The van der Waals surface area contributed by atoms with Crippen LogP contribution < -0.4 is 4.74 Å². The van der Waals surface area contributed by atoms with E-state index in [4.69, 9.17) is 4.74 Å². The molecule has 1 aromatic carbocycles. The number of methoxy groups -OCH3 is 1. The molecule has 130 valence electrons. The van der Waals surface area contributed by atoms with E-state index in [1.807, 2.05) is 24.3 Å². The van der Waals surface area contributed by atoms with Gasteiger partial charge >= 0.3 is 0 Å². The third-order valence-electron chi connectivity index (χ3n) is 6.17. The maximum absolute atomic E-state index is 12.9. The van der Waals surface area contributed by atoms with Crippen molar-refractivity contribution >= 4 is 5.91 Å². The summed E-state index contributed by atoms with van der Waals surface area (Å²) in [4.78, 5) is 17.7. The van der Waals surface area contributed by atoms with E-state index in [0.29, 0.717) is 12.0 Å². The number of hydrogen-bond acceptors (Lipinski definition) is 3. The SMILES string of the molecule is COc1ccc(C(=O)N2C[C@@H]3CC[C@H](C2)N(CC2CCC2)C3)cc1. The van der Waals surface area contributed by atoms with Crippen molar-refractivity contribution in [2.45, 2.75) is 38.1 Å². The van der Waals surface area contributed by atoms with Crippen LogP contribution in [0.1, 0.15) is 42.5 Å². The number of benzene rings is 1. The highest BCUT2D eigenvalue weighted by molar-refractivity contribution is 5.94. The zero-order valence-corrected chi connectivity index (χ0v) is 14.6. The lowest BCUT2D eigenvalue weighted by molar-refractivity contribution is 0.0717. The van der Waals surface area contributed by atoms with Gasteiger partial charge in [-0.25, -0.2) is 0 Å². The molecule has 3 aliphatic heterocycles. The van der Waals surface area contributed by atoms with Crippen LogP contribution in [0.3, 0.4) is 0 Å². The van der Waals surface area contributed by atoms with Gasteiger partial charge in [0.1, 0.15) is 5.75 Å². The van der Waals surface area contributed by atoms with E-state index >= 15 is 0 Å². The molecule has 0 spiro atoms. The van der Waals surface area contributed by atoms with Gasteiger partial charge < -0.3 is 9.64 Å². The molecule has 5 rings (SSSR count). The molecule has 0 unspecified atom stereocenters. The number of ether oxygens (including phenoxy) is 1. The molecule has 2 atom stereocenters. The largest absolute Gasteiger partial charge is 0.497 e. The number of carbonyl (C=O) groups excluding carboxylic acids is 1. The van der Waals surface area contributed by atoms with Gasteiger partial charge in [0, 0.05) is 37.8 Å². The number of hydrogen-bond donors (Lipinski definition) is 0. The van der Waals surface area contributed by atoms with Crippen LogP contribution in [0.15, 0.2) is 24.3 Å². The minimum atomic E-state index is 0.181. The van der Waals surface area contributed by atoms with Gasteiger partial charge in [0.25, 0.3) is 5.91 Å². The van der Waals surface area contributed by atoms with E-state index in [2.05, 4.69) is 9.80 Å². The summed E-state index contributed by atoms with van der Waals surface area (Å²) in [5.74, 6) is 2.54. The number of rotatable bonds is 4. The standard InChI is InChI=1S/C20H28N2O2/c1-24-19-9-6-17(7-10-19)20(23)22-13-16-5-8-18(14-22)21(12-16)11-15-3-2-4-15/h6-7,9-10,15-16,18H,2-5,8,11-14H2,1H3/t16-,18-/m1/s1. The van der Waals surface area contributed by atoms with Gasteiger partial charge in [-0.2, -0.15) is 0 Å². The van der Waals surface area contributed by atoms with Crippen LogP contribution in [0.25, 0.3) is 0 Å². The average Bonchev–Trinajstić information content (AvgIpc) is 2.89. The molecule has 4 aliphatic rings. The number of piperidine rings is 1. The number of amides is 1. The maximum atomic E-state index is 12.9. The third-order valence-corrected chi connectivity index (χ3v) is 6.17. The van der Waals surface area contributed by atoms with Crippen molar-refractivity contribution < 1.29 is 9.53 Å². The summed E-state index contributed by atoms with van der Waals surface area (Å²) in [6.07, 6.45) is 6.75. The molecule has 1 aromatic rings. The molecule has 4 heteroatoms. The lowest BCUT2D eigenvalue weighted by Crippen LogP contribution is -2.47. The molecule has 3 saturated heterocycles. The second-order valence-corrected chi connectivity index (χ2v) is 7.79. The monoisotopic (exact) mass is 328 g/mol. The smallest absolute Gasteiger partial charge is 0.253 e. The highest BCUT2D eigenvalue weighted by atomic mass is 16.5. The summed E-state index contributed by atoms with van der Waals surface area (Å²) in [6, 6.07) is 8.09. The van der Waals surface area contributed by atoms with E-state index in [1.54, 1.807) is 7.11 Å². The zero-order chi connectivity index (χ0) is 16.5. The Bertz CT molecular complexity index is 582. The van der Waals surface area contributed by atoms with Crippen molar-refractivity contribution in [2.24, 2.45) is 11.8 Å². The van der Waals surface area contributed by atoms with Gasteiger partial charge in [-0.05, 0) is 61.8 Å². The molecule has 0 aromatic heterocycles. The molecule has 3 heterocycles. The van der Waals surface area contributed by atoms with Crippen molar-refractivity contribution in [3.05, 3.63) is 29.8 Å². The maximum Gasteiger partial charge on any atom is 0.253 e. The summed E-state index contributed by atoms with van der Waals surface area (Å²) in [7, 11) is 1.65. The third kappa shape index (κ3) is 3.16. The van der Waals surface area contributed by atoms with Crippen LogP contribution in [-0.2, 0) is 0 Å². The Balaban J connectivity index is 1.45. The number of nitrogens with zero attached hydrogens (tertiary/aromatic N) is 2. The van der Waals surface area contributed by atoms with Gasteiger partial charge in [0.05, 0.1) is 7.11 Å². The van der Waals surface area contributed by atoms with E-state index in [9.17, 15) is 4.79 Å². The van der Waals surface area contributed by atoms with Crippen LogP contribution in [0.2, 0.25) is 0 Å². The van der Waals surface area contributed by atoms with Crippen molar-refractivity contribution in [2.75, 3.05) is 33.3 Å². The first-order valence-electron chi connectivity index (χ1n) is 9.40. The Labute approximate surface area is 144 Å². The second kappa shape index (κ2) is 6.75. The Kier molecular flexibility index (Phi) is 4.49. The highest BCUT2D eigenvalue weighted by Crippen LogP contribution is 2.33. The van der Waals surface area contributed by atoms with Crippen LogP contribution in [0, 0.1) is 11.8 Å². The summed E-state index contributed by atoms with van der Waals surface area (Å²) in [5.41, 5.74) is 0.780. The van der Waals surface area contributed by atoms with Crippen molar-refractivity contribution in [1.29, 1.82) is 0 Å². The average molecular weight is 328 g/mol. The van der Waals surface area contributed by atoms with E-state index < -0.39 is 0 Å². The molecule has 1 saturated carbocycles. The van der Waals surface area contributed by atoms with Gasteiger partial charge in [-0.3, -0.25) is 9.69 Å². The number of fused-ring (bicyclic) bond motifs is 4. The molecule has 1 amide bonds. The predicted octanol–water partition coefficient (Wildman–Crippen LogP) is 3.03. The van der Waals surface area contributed by atoms with Crippen LogP contribution in [-0.4, -0.2) is 55.0 Å². The van der Waals surface area contributed by atoms with Crippen LogP contribution in [0.4, 0.5) is 0 Å². The van der Waals surface area contributed by atoms with Gasteiger partial charge in [0.15, 0.2) is 0 Å². The first-order valence-corrected chi connectivity index (χ1v) is 9.40. The van der Waals surface area contributed by atoms with E-state index in [-0.39, 0.29) is 5.91 Å². The lowest BCUT2D eigenvalue weighted by Gasteiger charge is -2.40. The second-order valence-electron chi connectivity index (χ2n) is 7.79. The molecule has 4 nitrogen and oxygen atoms in total. The molecule has 4 fully saturated rings. The Hall–Kier alpha value is -1.55. The molecule has 24 heavy (non-hydrogen) atoms. The van der Waals surface area contributed by atoms with Gasteiger partial charge in [-0.15, -0.1) is 0 Å². The fraction of sp³-hybridized carbons (Fsp3) is 0.650. The minimum Gasteiger partial charge on any atom is -0.497 e. The minimum absolute atomic E-state index is 0.181. The summed E-state index contributed by atoms with van der Waals surface area (Å²) in [6.45, 7) is 4.26. The first kappa shape index (κ1) is 15.9. The molecular formula is C20H28N2O2. The normalized spacial score (nSPS) is 27.6. The highest BCUT2D eigenvalue weighted by Gasteiger charge is 2.37. The van der Waals surface area contributed by atoms with E-state index in [1.165, 1.54) is 45.2 Å². The summed E-state index contributed by atoms with van der Waals surface area (Å²) >= 11 is 0. The zero-order valence-electron chi connectivity index (χ0n) is 14.6. The molecule has 0 radical (unpaired) electrons. The molecule has 2 bridgehead atoms. The fourth-order valence-electron chi connectivity index (χ4n) is 4.49. The fourth-order valence-corrected chi connectivity index (χ4v) is 4.49. The summed E-state index contributed by atoms with van der Waals surface area (Å²) < 4.78 is 5.19. The van der Waals surface area contributed by atoms with Crippen molar-refractivity contribution in [3.63, 3.8) is 0 Å². The lowest BCUT2D eigenvalue weighted by atomic mass is 9.83. The Morgan fingerprint density at radius 1 is 1.08 bits per heavy atom. The Morgan fingerprint density at radius 3 is 2.54 bits per heavy atom. The quantitative estimate of drug-likeness (QED) is 0.852. The van der Waals surface area contributed by atoms with Crippen molar-refractivity contribution in [3.8, 4) is 5.75 Å². The molecular weight excluding hydrogens is 300 g/mol.